The molecule has 2 N–H and O–H groups in total. The molecule has 5 heteroatoms. The smallest absolute Gasteiger partial charge is 0.164 e. The van der Waals surface area contributed by atoms with Gasteiger partial charge in [-0.1, -0.05) is 20.8 Å². The summed E-state index contributed by atoms with van der Waals surface area (Å²) in [6.07, 6.45) is 2.60. The highest BCUT2D eigenvalue weighted by Gasteiger charge is 2.12. The molecule has 1 aromatic carbocycles. The van der Waals surface area contributed by atoms with E-state index >= 15 is 0 Å². The summed E-state index contributed by atoms with van der Waals surface area (Å²) in [5.74, 6) is 2.08. The zero-order chi connectivity index (χ0) is 15.4. The molecule has 0 amide bonds. The van der Waals surface area contributed by atoms with Gasteiger partial charge in [-0.15, -0.1) is 0 Å². The van der Waals surface area contributed by atoms with Crippen molar-refractivity contribution in [2.45, 2.75) is 53.2 Å². The number of aromatic nitrogens is 3. The summed E-state index contributed by atoms with van der Waals surface area (Å²) < 4.78 is 7.87. The van der Waals surface area contributed by atoms with Crippen LogP contribution in [0.2, 0.25) is 0 Å². The van der Waals surface area contributed by atoms with Crippen LogP contribution in [0.25, 0.3) is 0 Å². The predicted molar refractivity (Wildman–Crippen MR) is 84.3 cm³/mol. The maximum atomic E-state index is 6.00. The molecule has 0 aliphatic carbocycles. The topological polar surface area (TPSA) is 66.0 Å². The van der Waals surface area contributed by atoms with Crippen molar-refractivity contribution >= 4 is 5.69 Å². The number of rotatable bonds is 6. The van der Waals surface area contributed by atoms with E-state index in [1.807, 2.05) is 23.7 Å². The van der Waals surface area contributed by atoms with Gasteiger partial charge in [0.25, 0.3) is 0 Å². The minimum atomic E-state index is 0.358. The summed E-state index contributed by atoms with van der Waals surface area (Å²) in [5, 5.41) is 4.21. The molecule has 114 valence electrons. The van der Waals surface area contributed by atoms with E-state index in [1.54, 1.807) is 6.33 Å². The lowest BCUT2D eigenvalue weighted by Gasteiger charge is -2.16. The molecule has 0 aliphatic heterocycles. The number of aryl methyl sites for hydroxylation is 2. The van der Waals surface area contributed by atoms with Gasteiger partial charge in [-0.3, -0.25) is 0 Å². The average molecular weight is 288 g/mol. The van der Waals surface area contributed by atoms with Crippen molar-refractivity contribution in [2.75, 3.05) is 5.73 Å². The minimum Gasteiger partial charge on any atom is -0.485 e. The van der Waals surface area contributed by atoms with Crippen LogP contribution in [0, 0.1) is 6.92 Å². The predicted octanol–water partition coefficient (Wildman–Crippen LogP) is 3.28. The van der Waals surface area contributed by atoms with Gasteiger partial charge in [0.15, 0.2) is 5.82 Å². The number of benzene rings is 1. The fourth-order valence-electron chi connectivity index (χ4n) is 2.23. The first-order chi connectivity index (χ1) is 10.0. The summed E-state index contributed by atoms with van der Waals surface area (Å²) in [6, 6.07) is 4.01. The van der Waals surface area contributed by atoms with E-state index in [2.05, 4.69) is 30.9 Å². The second-order valence-electron chi connectivity index (χ2n) is 5.59. The quantitative estimate of drug-likeness (QED) is 0.828. The van der Waals surface area contributed by atoms with Crippen LogP contribution in [0.3, 0.4) is 0 Å². The number of nitrogens with two attached hydrogens (primary N) is 1. The molecule has 2 aromatic rings. The van der Waals surface area contributed by atoms with E-state index in [4.69, 9.17) is 10.5 Å². The lowest BCUT2D eigenvalue weighted by atomic mass is 9.99. The molecule has 0 bridgehead atoms. The van der Waals surface area contributed by atoms with Crippen molar-refractivity contribution < 1.29 is 4.74 Å². The fraction of sp³-hybridized carbons (Fsp3) is 0.500. The Balaban J connectivity index is 2.19. The van der Waals surface area contributed by atoms with Gasteiger partial charge in [-0.2, -0.15) is 5.10 Å². The van der Waals surface area contributed by atoms with Gasteiger partial charge in [0, 0.05) is 12.2 Å². The first-order valence-electron chi connectivity index (χ1n) is 7.42. The van der Waals surface area contributed by atoms with Crippen molar-refractivity contribution in [3.63, 3.8) is 0 Å². The molecule has 0 fully saturated rings. The van der Waals surface area contributed by atoms with Crippen molar-refractivity contribution in [1.29, 1.82) is 0 Å². The third kappa shape index (κ3) is 3.54. The molecule has 0 radical (unpaired) electrons. The highest BCUT2D eigenvalue weighted by Crippen LogP contribution is 2.31. The maximum absolute atomic E-state index is 6.00. The number of hydrogen-bond donors (Lipinski definition) is 1. The molecule has 0 atom stereocenters. The number of nitrogens with zero attached hydrogens (tertiary/aromatic N) is 3. The number of hydrogen-bond acceptors (Lipinski definition) is 4. The molecule has 5 nitrogen and oxygen atoms in total. The van der Waals surface area contributed by atoms with Crippen LogP contribution in [0.5, 0.6) is 5.75 Å². The molecular weight excluding hydrogens is 264 g/mol. The summed E-state index contributed by atoms with van der Waals surface area (Å²) in [7, 11) is 0. The van der Waals surface area contributed by atoms with Crippen LogP contribution in [0.1, 0.15) is 50.1 Å². The molecule has 1 heterocycles. The number of ether oxygens (including phenoxy) is 1. The molecule has 0 saturated heterocycles. The van der Waals surface area contributed by atoms with Gasteiger partial charge in [0.05, 0.1) is 0 Å². The Kier molecular flexibility index (Phi) is 4.83. The first-order valence-corrected chi connectivity index (χ1v) is 7.42. The van der Waals surface area contributed by atoms with E-state index in [0.717, 1.165) is 41.4 Å². The summed E-state index contributed by atoms with van der Waals surface area (Å²) >= 11 is 0. The largest absolute Gasteiger partial charge is 0.485 e. The van der Waals surface area contributed by atoms with Crippen LogP contribution in [0.4, 0.5) is 5.69 Å². The molecule has 0 aliphatic rings. The Bertz CT molecular complexity index is 604. The summed E-state index contributed by atoms with van der Waals surface area (Å²) in [6.45, 7) is 9.66. The second kappa shape index (κ2) is 6.61. The highest BCUT2D eigenvalue weighted by atomic mass is 16.5. The Hall–Kier alpha value is -2.04. The van der Waals surface area contributed by atoms with E-state index in [9.17, 15) is 0 Å². The van der Waals surface area contributed by atoms with E-state index in [1.165, 1.54) is 0 Å². The van der Waals surface area contributed by atoms with Crippen molar-refractivity contribution in [1.82, 2.24) is 14.8 Å². The van der Waals surface area contributed by atoms with Crippen LogP contribution < -0.4 is 10.5 Å². The lowest BCUT2D eigenvalue weighted by Crippen LogP contribution is -2.09. The van der Waals surface area contributed by atoms with Crippen LogP contribution in [-0.2, 0) is 13.2 Å². The molecule has 0 saturated carbocycles. The Morgan fingerprint density at radius 2 is 2.10 bits per heavy atom. The summed E-state index contributed by atoms with van der Waals surface area (Å²) in [4.78, 5) is 4.27. The van der Waals surface area contributed by atoms with Gasteiger partial charge >= 0.3 is 0 Å². The van der Waals surface area contributed by atoms with Crippen LogP contribution in [-0.4, -0.2) is 14.8 Å². The minimum absolute atomic E-state index is 0.358. The van der Waals surface area contributed by atoms with Crippen LogP contribution in [0.15, 0.2) is 18.5 Å². The van der Waals surface area contributed by atoms with E-state index in [0.29, 0.717) is 12.5 Å². The second-order valence-corrected chi connectivity index (χ2v) is 5.59. The fourth-order valence-corrected chi connectivity index (χ4v) is 2.23. The average Bonchev–Trinajstić information content (AvgIpc) is 2.87. The van der Waals surface area contributed by atoms with Crippen molar-refractivity contribution in [2.24, 2.45) is 0 Å². The normalized spacial score (nSPS) is 11.1. The SMILES string of the molecule is CCCn1ncnc1COc1cc(C)c(N)cc1C(C)C. The van der Waals surface area contributed by atoms with Crippen LogP contribution >= 0.6 is 0 Å². The van der Waals surface area contributed by atoms with Gasteiger partial charge in [-0.25, -0.2) is 9.67 Å². The standard InChI is InChI=1S/C16H24N4O/c1-5-6-20-16(18-10-19-20)9-21-15-7-12(4)14(17)8-13(15)11(2)3/h7-8,10-11H,5-6,9,17H2,1-4H3. The lowest BCUT2D eigenvalue weighted by molar-refractivity contribution is 0.282. The molecule has 0 spiro atoms. The third-order valence-electron chi connectivity index (χ3n) is 3.51. The molecule has 1 aromatic heterocycles. The van der Waals surface area contributed by atoms with Gasteiger partial charge in [0.2, 0.25) is 0 Å². The Morgan fingerprint density at radius 3 is 2.76 bits per heavy atom. The number of nitrogen functional groups attached to an aromatic ring is 1. The van der Waals surface area contributed by atoms with Gasteiger partial charge in [0.1, 0.15) is 18.7 Å². The van der Waals surface area contributed by atoms with Gasteiger partial charge < -0.3 is 10.5 Å². The Labute approximate surface area is 126 Å². The Morgan fingerprint density at radius 1 is 1.33 bits per heavy atom. The third-order valence-corrected chi connectivity index (χ3v) is 3.51. The molecule has 21 heavy (non-hydrogen) atoms. The monoisotopic (exact) mass is 288 g/mol. The summed E-state index contributed by atoms with van der Waals surface area (Å²) in [5.41, 5.74) is 8.96. The van der Waals surface area contributed by atoms with Crippen molar-refractivity contribution in [3.8, 4) is 5.75 Å². The van der Waals surface area contributed by atoms with E-state index in [-0.39, 0.29) is 0 Å². The van der Waals surface area contributed by atoms with Crippen molar-refractivity contribution in [3.05, 3.63) is 35.4 Å². The maximum Gasteiger partial charge on any atom is 0.164 e. The molecule has 0 unspecified atom stereocenters. The molecular formula is C16H24N4O. The molecule has 2 rings (SSSR count). The highest BCUT2D eigenvalue weighted by molar-refractivity contribution is 5.55. The zero-order valence-electron chi connectivity index (χ0n) is 13.3. The van der Waals surface area contributed by atoms with E-state index < -0.39 is 0 Å². The first kappa shape index (κ1) is 15.4. The number of anilines is 1. The zero-order valence-corrected chi connectivity index (χ0v) is 13.3. The van der Waals surface area contributed by atoms with Gasteiger partial charge in [-0.05, 0) is 42.5 Å².